The van der Waals surface area contributed by atoms with E-state index in [1.165, 1.54) is 26.6 Å². The highest BCUT2D eigenvalue weighted by Gasteiger charge is 2.15. The molecule has 0 saturated heterocycles. The molecule has 158 valence electrons. The van der Waals surface area contributed by atoms with E-state index in [1.807, 2.05) is 0 Å². The summed E-state index contributed by atoms with van der Waals surface area (Å²) in [6, 6.07) is 13.0. The molecule has 2 aromatic carbocycles. The second-order valence-corrected chi connectivity index (χ2v) is 6.78. The Morgan fingerprint density at radius 3 is 2.06 bits per heavy atom. The van der Waals surface area contributed by atoms with Gasteiger partial charge in [0.1, 0.15) is 4.99 Å². The Morgan fingerprint density at radius 1 is 0.839 bits per heavy atom. The van der Waals surface area contributed by atoms with E-state index >= 15 is 0 Å². The summed E-state index contributed by atoms with van der Waals surface area (Å²) in [4.78, 5) is 29.6. The number of hydrogen-bond acceptors (Lipinski definition) is 6. The molecule has 3 rings (SSSR count). The highest BCUT2D eigenvalue weighted by Crippen LogP contribution is 2.28. The number of rotatable bonds is 7. The van der Waals surface area contributed by atoms with Gasteiger partial charge in [0, 0.05) is 22.9 Å². The van der Waals surface area contributed by atoms with Crippen molar-refractivity contribution >= 4 is 40.4 Å². The molecule has 1 heterocycles. The van der Waals surface area contributed by atoms with Crippen LogP contribution in [0.4, 0.5) is 11.4 Å². The van der Waals surface area contributed by atoms with Crippen molar-refractivity contribution in [1.29, 1.82) is 0 Å². The van der Waals surface area contributed by atoms with Crippen LogP contribution >= 0.6 is 12.2 Å². The Hall–Kier alpha value is -3.98. The number of nitrogens with two attached hydrogens (primary N) is 1. The third-order valence-corrected chi connectivity index (χ3v) is 4.63. The predicted molar refractivity (Wildman–Crippen MR) is 122 cm³/mol. The summed E-state index contributed by atoms with van der Waals surface area (Å²) >= 11 is 4.92. The van der Waals surface area contributed by atoms with E-state index in [4.69, 9.17) is 27.4 Å². The smallest absolute Gasteiger partial charge is 0.255 e. The van der Waals surface area contributed by atoms with Gasteiger partial charge in [0.15, 0.2) is 11.5 Å². The van der Waals surface area contributed by atoms with E-state index in [-0.39, 0.29) is 10.9 Å². The number of methoxy groups -OCH3 is 2. The van der Waals surface area contributed by atoms with Gasteiger partial charge in [-0.15, -0.1) is 0 Å². The van der Waals surface area contributed by atoms with Crippen molar-refractivity contribution < 1.29 is 19.1 Å². The number of carbonyl (C=O) groups excluding carboxylic acids is 2. The lowest BCUT2D eigenvalue weighted by Crippen LogP contribution is -2.17. The Balaban J connectivity index is 1.78. The Labute approximate surface area is 184 Å². The highest BCUT2D eigenvalue weighted by atomic mass is 32.1. The maximum absolute atomic E-state index is 12.7. The lowest BCUT2D eigenvalue weighted by Gasteiger charge is -2.13. The molecule has 0 atom stereocenters. The zero-order chi connectivity index (χ0) is 22.4. The number of benzene rings is 2. The molecule has 0 aliphatic rings. The predicted octanol–water partition coefficient (Wildman–Crippen LogP) is 3.24. The van der Waals surface area contributed by atoms with Crippen LogP contribution in [0.1, 0.15) is 26.3 Å². The van der Waals surface area contributed by atoms with Gasteiger partial charge in [0.05, 0.1) is 31.8 Å². The third kappa shape index (κ3) is 5.14. The zero-order valence-electron chi connectivity index (χ0n) is 16.8. The minimum atomic E-state index is -0.398. The molecule has 0 saturated carbocycles. The lowest BCUT2D eigenvalue weighted by atomic mass is 10.1. The molecule has 1 aromatic heterocycles. The van der Waals surface area contributed by atoms with E-state index in [9.17, 15) is 9.59 Å². The summed E-state index contributed by atoms with van der Waals surface area (Å²) in [7, 11) is 3.00. The van der Waals surface area contributed by atoms with Crippen molar-refractivity contribution in [3.05, 3.63) is 77.6 Å². The summed E-state index contributed by atoms with van der Waals surface area (Å²) in [5, 5.41) is 5.52. The molecule has 0 aliphatic heterocycles. The first-order valence-electron chi connectivity index (χ1n) is 9.11. The SMILES string of the molecule is COc1ccc(C(=O)Nc2cnccc2NC(=O)c2ccc(C(N)=S)cc2)cc1OC. The van der Waals surface area contributed by atoms with Crippen LogP contribution in [-0.4, -0.2) is 36.0 Å². The van der Waals surface area contributed by atoms with Crippen molar-refractivity contribution in [3.8, 4) is 11.5 Å². The molecular formula is C22H20N4O4S. The van der Waals surface area contributed by atoms with Crippen molar-refractivity contribution in [2.45, 2.75) is 0 Å². The Bertz CT molecular complexity index is 1130. The number of ether oxygens (including phenoxy) is 2. The van der Waals surface area contributed by atoms with Crippen LogP contribution < -0.4 is 25.8 Å². The molecule has 0 radical (unpaired) electrons. The van der Waals surface area contributed by atoms with Gasteiger partial charge >= 0.3 is 0 Å². The number of carbonyl (C=O) groups is 2. The Morgan fingerprint density at radius 2 is 1.42 bits per heavy atom. The van der Waals surface area contributed by atoms with E-state index in [1.54, 1.807) is 48.5 Å². The number of thiocarbonyl (C=S) groups is 1. The van der Waals surface area contributed by atoms with Gasteiger partial charge in [0.25, 0.3) is 11.8 Å². The topological polar surface area (TPSA) is 116 Å². The van der Waals surface area contributed by atoms with E-state index in [2.05, 4.69) is 15.6 Å². The molecule has 3 aromatic rings. The molecule has 0 aliphatic carbocycles. The zero-order valence-corrected chi connectivity index (χ0v) is 17.7. The van der Waals surface area contributed by atoms with Crippen LogP contribution in [0.25, 0.3) is 0 Å². The fourth-order valence-electron chi connectivity index (χ4n) is 2.76. The Kier molecular flexibility index (Phi) is 6.78. The fraction of sp³-hybridized carbons (Fsp3) is 0.0909. The second kappa shape index (κ2) is 9.68. The van der Waals surface area contributed by atoms with Gasteiger partial charge < -0.3 is 25.8 Å². The summed E-state index contributed by atoms with van der Waals surface area (Å²) in [6.07, 6.45) is 2.96. The molecule has 31 heavy (non-hydrogen) atoms. The van der Waals surface area contributed by atoms with Gasteiger partial charge in [-0.05, 0) is 36.4 Å². The normalized spacial score (nSPS) is 10.1. The minimum Gasteiger partial charge on any atom is -0.493 e. The quantitative estimate of drug-likeness (QED) is 0.487. The summed E-state index contributed by atoms with van der Waals surface area (Å²) < 4.78 is 10.4. The number of anilines is 2. The summed E-state index contributed by atoms with van der Waals surface area (Å²) in [6.45, 7) is 0. The molecule has 9 heteroatoms. The van der Waals surface area contributed by atoms with Gasteiger partial charge in [0.2, 0.25) is 0 Å². The van der Waals surface area contributed by atoms with Gasteiger partial charge in [-0.2, -0.15) is 0 Å². The maximum atomic E-state index is 12.7. The van der Waals surface area contributed by atoms with Gasteiger partial charge in [-0.1, -0.05) is 24.4 Å². The first kappa shape index (κ1) is 21.7. The maximum Gasteiger partial charge on any atom is 0.255 e. The summed E-state index contributed by atoms with van der Waals surface area (Å²) in [5.41, 5.74) is 7.75. The number of nitrogens with zero attached hydrogens (tertiary/aromatic N) is 1. The molecule has 0 bridgehead atoms. The molecule has 4 N–H and O–H groups in total. The van der Waals surface area contributed by atoms with Crippen LogP contribution in [0.5, 0.6) is 11.5 Å². The molecule has 8 nitrogen and oxygen atoms in total. The number of aromatic nitrogens is 1. The van der Waals surface area contributed by atoms with Crippen molar-refractivity contribution in [3.63, 3.8) is 0 Å². The van der Waals surface area contributed by atoms with Gasteiger partial charge in [-0.3, -0.25) is 14.6 Å². The average molecular weight is 436 g/mol. The second-order valence-electron chi connectivity index (χ2n) is 6.34. The monoisotopic (exact) mass is 436 g/mol. The molecular weight excluding hydrogens is 416 g/mol. The standard InChI is InChI=1S/C22H20N4O4S/c1-29-18-8-7-15(11-19(18)30-2)22(28)26-17-12-24-10-9-16(17)25-21(27)14-5-3-13(4-6-14)20(23)31/h3-12H,1-2H3,(H2,23,31)(H,26,28)(H,24,25,27). The van der Waals surface area contributed by atoms with E-state index in [0.29, 0.717) is 39.6 Å². The fourth-order valence-corrected chi connectivity index (χ4v) is 2.89. The first-order valence-corrected chi connectivity index (χ1v) is 9.52. The van der Waals surface area contributed by atoms with Crippen LogP contribution in [0.15, 0.2) is 60.9 Å². The third-order valence-electron chi connectivity index (χ3n) is 4.39. The minimum absolute atomic E-state index is 0.251. The number of hydrogen-bond donors (Lipinski definition) is 3. The molecule has 0 fully saturated rings. The van der Waals surface area contributed by atoms with Crippen molar-refractivity contribution in [1.82, 2.24) is 4.98 Å². The number of pyridine rings is 1. The van der Waals surface area contributed by atoms with Crippen LogP contribution in [0, 0.1) is 0 Å². The van der Waals surface area contributed by atoms with Crippen LogP contribution in [0.3, 0.4) is 0 Å². The highest BCUT2D eigenvalue weighted by molar-refractivity contribution is 7.80. The van der Waals surface area contributed by atoms with Gasteiger partial charge in [-0.25, -0.2) is 0 Å². The number of amides is 2. The molecule has 0 unspecified atom stereocenters. The van der Waals surface area contributed by atoms with Crippen LogP contribution in [0.2, 0.25) is 0 Å². The van der Waals surface area contributed by atoms with E-state index < -0.39 is 5.91 Å². The number of nitrogens with one attached hydrogen (secondary N) is 2. The van der Waals surface area contributed by atoms with Crippen molar-refractivity contribution in [2.24, 2.45) is 5.73 Å². The molecule has 2 amide bonds. The summed E-state index contributed by atoms with van der Waals surface area (Å²) in [5.74, 6) is 0.178. The molecule has 0 spiro atoms. The van der Waals surface area contributed by atoms with E-state index in [0.717, 1.165) is 0 Å². The van der Waals surface area contributed by atoms with Crippen LogP contribution in [-0.2, 0) is 0 Å². The van der Waals surface area contributed by atoms with Crippen molar-refractivity contribution in [2.75, 3.05) is 24.9 Å². The lowest BCUT2D eigenvalue weighted by molar-refractivity contribution is 0.101. The largest absolute Gasteiger partial charge is 0.493 e. The first-order chi connectivity index (χ1) is 14.9. The average Bonchev–Trinajstić information content (AvgIpc) is 2.79.